The number of halogens is 1. The number of aliphatic carboxylic acids is 1. The van der Waals surface area contributed by atoms with E-state index in [1.807, 2.05) is 13.8 Å². The third-order valence-corrected chi connectivity index (χ3v) is 4.42. The minimum absolute atomic E-state index is 0.0553. The van der Waals surface area contributed by atoms with Crippen LogP contribution in [0.1, 0.15) is 41.3 Å². The summed E-state index contributed by atoms with van der Waals surface area (Å²) in [5, 5.41) is 14.9. The zero-order chi connectivity index (χ0) is 21.4. The highest BCUT2D eigenvalue weighted by atomic mass is 35.5. The van der Waals surface area contributed by atoms with Crippen molar-refractivity contribution in [2.45, 2.75) is 32.7 Å². The highest BCUT2D eigenvalue weighted by Gasteiger charge is 2.22. The maximum atomic E-state index is 12.7. The van der Waals surface area contributed by atoms with Gasteiger partial charge in [-0.25, -0.2) is 4.79 Å². The molecule has 0 spiro atoms. The van der Waals surface area contributed by atoms with Crippen molar-refractivity contribution < 1.29 is 19.5 Å². The lowest BCUT2D eigenvalue weighted by atomic mass is 10.1. The molecule has 152 valence electrons. The van der Waals surface area contributed by atoms with Gasteiger partial charge in [-0.3, -0.25) is 9.59 Å². The monoisotopic (exact) mass is 414 g/mol. The average molecular weight is 415 g/mol. The number of hydrogen-bond donors (Lipinski definition) is 3. The third-order valence-electron chi connectivity index (χ3n) is 4.17. The minimum atomic E-state index is -1.13. The molecule has 2 amide bonds. The molecule has 0 radical (unpaired) electrons. The maximum absolute atomic E-state index is 12.7. The van der Waals surface area contributed by atoms with Gasteiger partial charge in [0.05, 0.1) is 0 Å². The van der Waals surface area contributed by atoms with Crippen LogP contribution in [0.15, 0.2) is 54.2 Å². The van der Waals surface area contributed by atoms with Crippen molar-refractivity contribution in [2.75, 3.05) is 0 Å². The van der Waals surface area contributed by atoms with Gasteiger partial charge in [0.2, 0.25) is 0 Å². The molecule has 0 aromatic heterocycles. The van der Waals surface area contributed by atoms with E-state index in [9.17, 15) is 19.5 Å². The number of carboxylic acids is 1. The van der Waals surface area contributed by atoms with Gasteiger partial charge in [-0.1, -0.05) is 54.8 Å². The SMILES string of the molecule is CCC[C@@H](NC(=O)/C(=C/c1ccc(Cl)cc1)NC(=O)c1ccc(C)cc1)C(=O)O. The lowest BCUT2D eigenvalue weighted by Crippen LogP contribution is -2.44. The van der Waals surface area contributed by atoms with Gasteiger partial charge in [-0.15, -0.1) is 0 Å². The number of nitrogens with one attached hydrogen (secondary N) is 2. The molecule has 0 saturated carbocycles. The Bertz CT molecular complexity index is 905. The fourth-order valence-corrected chi connectivity index (χ4v) is 2.69. The Morgan fingerprint density at radius 2 is 1.69 bits per heavy atom. The first-order valence-electron chi connectivity index (χ1n) is 9.19. The molecule has 1 atom stereocenters. The Morgan fingerprint density at radius 1 is 1.07 bits per heavy atom. The molecule has 0 saturated heterocycles. The molecule has 7 heteroatoms. The third kappa shape index (κ3) is 6.76. The quantitative estimate of drug-likeness (QED) is 0.572. The second kappa shape index (κ2) is 10.4. The molecule has 29 heavy (non-hydrogen) atoms. The van der Waals surface area contributed by atoms with E-state index in [1.165, 1.54) is 6.08 Å². The first kappa shape index (κ1) is 22.2. The Hall–Kier alpha value is -3.12. The van der Waals surface area contributed by atoms with Crippen molar-refractivity contribution in [1.29, 1.82) is 0 Å². The Morgan fingerprint density at radius 3 is 2.24 bits per heavy atom. The predicted octanol–water partition coefficient (Wildman–Crippen LogP) is 3.79. The molecule has 0 aliphatic heterocycles. The second-order valence-electron chi connectivity index (χ2n) is 6.58. The molecule has 0 aliphatic rings. The fourth-order valence-electron chi connectivity index (χ4n) is 2.57. The number of rotatable bonds is 8. The topological polar surface area (TPSA) is 95.5 Å². The molecule has 2 aromatic rings. The average Bonchev–Trinajstić information content (AvgIpc) is 2.69. The highest BCUT2D eigenvalue weighted by molar-refractivity contribution is 6.30. The van der Waals surface area contributed by atoms with Crippen molar-refractivity contribution in [3.63, 3.8) is 0 Å². The van der Waals surface area contributed by atoms with Crippen LogP contribution in [0.4, 0.5) is 0 Å². The molecular weight excluding hydrogens is 392 g/mol. The van der Waals surface area contributed by atoms with E-state index in [2.05, 4.69) is 10.6 Å². The first-order chi connectivity index (χ1) is 13.8. The molecule has 2 aromatic carbocycles. The number of carboxylic acid groups (broad SMARTS) is 1. The summed E-state index contributed by atoms with van der Waals surface area (Å²) in [6.07, 6.45) is 2.34. The van der Waals surface area contributed by atoms with Gasteiger partial charge >= 0.3 is 5.97 Å². The second-order valence-corrected chi connectivity index (χ2v) is 7.02. The number of benzene rings is 2. The van der Waals surface area contributed by atoms with E-state index in [4.69, 9.17) is 11.6 Å². The number of carbonyl (C=O) groups excluding carboxylic acids is 2. The van der Waals surface area contributed by atoms with Gasteiger partial charge in [-0.2, -0.15) is 0 Å². The Labute approximate surface area is 174 Å². The van der Waals surface area contributed by atoms with Crippen LogP contribution in [0.3, 0.4) is 0 Å². The Kier molecular flexibility index (Phi) is 7.98. The number of aryl methyl sites for hydroxylation is 1. The van der Waals surface area contributed by atoms with Crippen LogP contribution in [0.2, 0.25) is 5.02 Å². The summed E-state index contributed by atoms with van der Waals surface area (Å²) >= 11 is 5.89. The van der Waals surface area contributed by atoms with E-state index in [0.717, 1.165) is 5.56 Å². The van der Waals surface area contributed by atoms with Crippen molar-refractivity contribution in [3.8, 4) is 0 Å². The maximum Gasteiger partial charge on any atom is 0.326 e. The van der Waals surface area contributed by atoms with Crippen LogP contribution in [0.5, 0.6) is 0 Å². The van der Waals surface area contributed by atoms with E-state index in [1.54, 1.807) is 48.5 Å². The van der Waals surface area contributed by atoms with Crippen molar-refractivity contribution in [2.24, 2.45) is 0 Å². The van der Waals surface area contributed by atoms with Crippen LogP contribution in [0.25, 0.3) is 6.08 Å². The summed E-state index contributed by atoms with van der Waals surface area (Å²) in [4.78, 5) is 36.7. The van der Waals surface area contributed by atoms with Crippen LogP contribution >= 0.6 is 11.6 Å². The van der Waals surface area contributed by atoms with Gasteiger partial charge in [0.25, 0.3) is 11.8 Å². The van der Waals surface area contributed by atoms with Crippen molar-refractivity contribution >= 4 is 35.5 Å². The smallest absolute Gasteiger partial charge is 0.326 e. The standard InChI is InChI=1S/C22H23ClN2O4/c1-3-4-18(22(28)29)24-21(27)19(13-15-7-11-17(23)12-8-15)25-20(26)16-9-5-14(2)6-10-16/h5-13,18H,3-4H2,1-2H3,(H,24,27)(H,25,26)(H,28,29)/b19-13-/t18-/m1/s1. The van der Waals surface area contributed by atoms with Crippen LogP contribution in [0, 0.1) is 6.92 Å². The summed E-state index contributed by atoms with van der Waals surface area (Å²) in [7, 11) is 0. The largest absolute Gasteiger partial charge is 0.480 e. The number of hydrogen-bond acceptors (Lipinski definition) is 3. The van der Waals surface area contributed by atoms with Crippen LogP contribution < -0.4 is 10.6 Å². The molecule has 2 rings (SSSR count). The normalized spacial score (nSPS) is 12.2. The van der Waals surface area contributed by atoms with E-state index < -0.39 is 23.8 Å². The van der Waals surface area contributed by atoms with Gasteiger partial charge in [0.1, 0.15) is 11.7 Å². The minimum Gasteiger partial charge on any atom is -0.480 e. The molecule has 0 heterocycles. The predicted molar refractivity (Wildman–Crippen MR) is 113 cm³/mol. The van der Waals surface area contributed by atoms with Crippen molar-refractivity contribution in [1.82, 2.24) is 10.6 Å². The zero-order valence-electron chi connectivity index (χ0n) is 16.2. The Balaban J connectivity index is 2.30. The summed E-state index contributed by atoms with van der Waals surface area (Å²) in [5.41, 5.74) is 1.96. The zero-order valence-corrected chi connectivity index (χ0v) is 17.0. The summed E-state index contributed by atoms with van der Waals surface area (Å²) in [6.45, 7) is 3.73. The number of amides is 2. The molecule has 0 unspecified atom stereocenters. The van der Waals surface area contributed by atoms with E-state index in [0.29, 0.717) is 22.6 Å². The summed E-state index contributed by atoms with van der Waals surface area (Å²) < 4.78 is 0. The summed E-state index contributed by atoms with van der Waals surface area (Å²) in [6, 6.07) is 12.5. The van der Waals surface area contributed by atoms with Gasteiger partial charge < -0.3 is 15.7 Å². The molecule has 0 aliphatic carbocycles. The molecule has 0 fully saturated rings. The highest BCUT2D eigenvalue weighted by Crippen LogP contribution is 2.13. The van der Waals surface area contributed by atoms with Crippen LogP contribution in [-0.2, 0) is 9.59 Å². The number of carbonyl (C=O) groups is 3. The molecule has 6 nitrogen and oxygen atoms in total. The lowest BCUT2D eigenvalue weighted by Gasteiger charge is -2.16. The molecule has 0 bridgehead atoms. The van der Waals surface area contributed by atoms with Gasteiger partial charge in [0, 0.05) is 10.6 Å². The van der Waals surface area contributed by atoms with E-state index in [-0.39, 0.29) is 12.1 Å². The first-order valence-corrected chi connectivity index (χ1v) is 9.57. The van der Waals surface area contributed by atoms with Crippen LogP contribution in [-0.4, -0.2) is 28.9 Å². The van der Waals surface area contributed by atoms with Gasteiger partial charge in [-0.05, 0) is 49.2 Å². The molecular formula is C22H23ClN2O4. The fraction of sp³-hybridized carbons (Fsp3) is 0.227. The molecule has 3 N–H and O–H groups in total. The van der Waals surface area contributed by atoms with Crippen molar-refractivity contribution in [3.05, 3.63) is 75.9 Å². The van der Waals surface area contributed by atoms with E-state index >= 15 is 0 Å². The lowest BCUT2D eigenvalue weighted by molar-refractivity contribution is -0.141. The summed E-state index contributed by atoms with van der Waals surface area (Å²) in [5.74, 6) is -2.28. The van der Waals surface area contributed by atoms with Gasteiger partial charge in [0.15, 0.2) is 0 Å².